The van der Waals surface area contributed by atoms with Gasteiger partial charge in [-0.25, -0.2) is 0 Å². The van der Waals surface area contributed by atoms with E-state index in [-0.39, 0.29) is 0 Å². The fourth-order valence-corrected chi connectivity index (χ4v) is 10.1. The predicted molar refractivity (Wildman–Crippen MR) is 182 cm³/mol. The first-order chi connectivity index (χ1) is 20.8. The van der Waals surface area contributed by atoms with E-state index in [0.29, 0.717) is 0 Å². The van der Waals surface area contributed by atoms with Gasteiger partial charge < -0.3 is 5.32 Å². The van der Waals surface area contributed by atoms with Crippen LogP contribution >= 0.6 is 0 Å². The smallest absolute Gasteiger partial charge is 0.134 e. The summed E-state index contributed by atoms with van der Waals surface area (Å²) in [6.07, 6.45) is 0. The highest BCUT2D eigenvalue weighted by atomic mass is 28.3. The molecule has 0 saturated carbocycles. The van der Waals surface area contributed by atoms with Gasteiger partial charge in [-0.2, -0.15) is 0 Å². The van der Waals surface area contributed by atoms with Crippen LogP contribution in [-0.4, -0.2) is 8.80 Å². The van der Waals surface area contributed by atoms with Gasteiger partial charge in [-0.1, -0.05) is 151 Å². The standard InChI is InChI=1S/C40H29NSi/c1-3-12-28(13-4-1)33-19-9-14-30-15-10-20-34(39(30)33)29-24-26-31(27-25-29)41-36-21-11-23-38-40(36)35-18-7-8-22-37(35)42(38)32-16-5-2-6-17-32/h1-27,41-42H. The molecule has 0 saturated heterocycles. The number of hydrogen-bond donors (Lipinski definition) is 1. The van der Waals surface area contributed by atoms with Crippen molar-refractivity contribution < 1.29 is 0 Å². The summed E-state index contributed by atoms with van der Waals surface area (Å²) in [5, 5.41) is 10.8. The molecule has 0 aromatic heterocycles. The van der Waals surface area contributed by atoms with Gasteiger partial charge in [0.1, 0.15) is 8.80 Å². The average Bonchev–Trinajstić information content (AvgIpc) is 3.41. The van der Waals surface area contributed by atoms with Crippen molar-refractivity contribution in [3.63, 3.8) is 0 Å². The Hall–Kier alpha value is -5.18. The zero-order valence-corrected chi connectivity index (χ0v) is 24.3. The molecule has 1 aliphatic rings. The van der Waals surface area contributed by atoms with Crippen molar-refractivity contribution >= 4 is 46.5 Å². The normalized spacial score (nSPS) is 13.5. The monoisotopic (exact) mass is 551 g/mol. The van der Waals surface area contributed by atoms with Gasteiger partial charge in [0.05, 0.1) is 0 Å². The first kappa shape index (κ1) is 24.6. The maximum atomic E-state index is 3.79. The Balaban J connectivity index is 1.18. The molecule has 0 amide bonds. The van der Waals surface area contributed by atoms with E-state index in [2.05, 4.69) is 169 Å². The highest BCUT2D eigenvalue weighted by molar-refractivity contribution is 6.99. The minimum Gasteiger partial charge on any atom is -0.355 e. The van der Waals surface area contributed by atoms with Crippen LogP contribution in [0.4, 0.5) is 11.4 Å². The van der Waals surface area contributed by atoms with E-state index in [1.165, 1.54) is 65.4 Å². The molecular weight excluding hydrogens is 523 g/mol. The molecular formula is C40H29NSi. The van der Waals surface area contributed by atoms with E-state index in [1.807, 2.05) is 0 Å². The van der Waals surface area contributed by atoms with Gasteiger partial charge in [0, 0.05) is 16.9 Å². The molecule has 0 fully saturated rings. The van der Waals surface area contributed by atoms with Crippen LogP contribution < -0.4 is 20.9 Å². The Morgan fingerprint density at radius 2 is 0.976 bits per heavy atom. The second-order valence-electron chi connectivity index (χ2n) is 11.0. The van der Waals surface area contributed by atoms with E-state index in [9.17, 15) is 0 Å². The minimum atomic E-state index is -1.51. The van der Waals surface area contributed by atoms with Crippen molar-refractivity contribution in [3.8, 4) is 33.4 Å². The second kappa shape index (κ2) is 10.3. The topological polar surface area (TPSA) is 12.0 Å². The van der Waals surface area contributed by atoms with Crippen molar-refractivity contribution in [2.45, 2.75) is 0 Å². The van der Waals surface area contributed by atoms with Crippen LogP contribution in [0, 0.1) is 0 Å². The van der Waals surface area contributed by atoms with Crippen LogP contribution in [-0.2, 0) is 0 Å². The first-order valence-electron chi connectivity index (χ1n) is 14.6. The summed E-state index contributed by atoms with van der Waals surface area (Å²) in [5.74, 6) is 0. The molecule has 7 aromatic carbocycles. The van der Waals surface area contributed by atoms with Crippen molar-refractivity contribution in [1.29, 1.82) is 0 Å². The SMILES string of the molecule is c1ccc(-c2cccc3cccc(-c4ccc(Nc5cccc6c5-c5ccccc5[SiH]6c5ccccc5)cc4)c23)cc1. The van der Waals surface area contributed by atoms with E-state index in [1.54, 1.807) is 0 Å². The van der Waals surface area contributed by atoms with E-state index in [0.717, 1.165) is 5.69 Å². The summed E-state index contributed by atoms with van der Waals surface area (Å²) in [6, 6.07) is 59.7. The summed E-state index contributed by atoms with van der Waals surface area (Å²) >= 11 is 0. The molecule has 8 rings (SSSR count). The fraction of sp³-hybridized carbons (Fsp3) is 0. The minimum absolute atomic E-state index is 1.10. The van der Waals surface area contributed by atoms with Crippen LogP contribution in [0.1, 0.15) is 0 Å². The zero-order chi connectivity index (χ0) is 27.9. The van der Waals surface area contributed by atoms with E-state index in [4.69, 9.17) is 0 Å². The Kier molecular flexibility index (Phi) is 6.05. The third kappa shape index (κ3) is 4.16. The van der Waals surface area contributed by atoms with Gasteiger partial charge in [0.15, 0.2) is 0 Å². The van der Waals surface area contributed by atoms with E-state index < -0.39 is 8.80 Å². The van der Waals surface area contributed by atoms with Gasteiger partial charge in [0.25, 0.3) is 0 Å². The molecule has 1 heterocycles. The highest BCUT2D eigenvalue weighted by Crippen LogP contribution is 2.37. The van der Waals surface area contributed by atoms with Crippen LogP contribution in [0.2, 0.25) is 0 Å². The molecule has 0 spiro atoms. The maximum Gasteiger partial charge on any atom is 0.134 e. The third-order valence-corrected chi connectivity index (χ3v) is 11.8. The van der Waals surface area contributed by atoms with Crippen molar-refractivity contribution in [3.05, 3.63) is 164 Å². The summed E-state index contributed by atoms with van der Waals surface area (Å²) in [5.41, 5.74) is 9.98. The molecule has 0 radical (unpaired) electrons. The van der Waals surface area contributed by atoms with Gasteiger partial charge in [-0.15, -0.1) is 0 Å². The number of rotatable bonds is 5. The van der Waals surface area contributed by atoms with Crippen molar-refractivity contribution in [2.75, 3.05) is 5.32 Å². The lowest BCUT2D eigenvalue weighted by Gasteiger charge is -2.15. The Labute approximate surface area is 248 Å². The molecule has 1 atom stereocenters. The van der Waals surface area contributed by atoms with Gasteiger partial charge >= 0.3 is 0 Å². The number of hydrogen-bond acceptors (Lipinski definition) is 1. The number of nitrogens with one attached hydrogen (secondary N) is 1. The molecule has 1 N–H and O–H groups in total. The Bertz CT molecular complexity index is 2040. The quantitative estimate of drug-likeness (QED) is 0.213. The fourth-order valence-electron chi connectivity index (χ4n) is 6.69. The molecule has 198 valence electrons. The Morgan fingerprint density at radius 3 is 1.71 bits per heavy atom. The van der Waals surface area contributed by atoms with Crippen LogP contribution in [0.15, 0.2) is 164 Å². The zero-order valence-electron chi connectivity index (χ0n) is 23.2. The van der Waals surface area contributed by atoms with Crippen molar-refractivity contribution in [2.24, 2.45) is 0 Å². The lowest BCUT2D eigenvalue weighted by atomic mass is 9.91. The van der Waals surface area contributed by atoms with Gasteiger partial charge in [0.2, 0.25) is 0 Å². The first-order valence-corrected chi connectivity index (χ1v) is 16.3. The Morgan fingerprint density at radius 1 is 0.405 bits per heavy atom. The summed E-state index contributed by atoms with van der Waals surface area (Å²) in [6.45, 7) is 0. The summed E-state index contributed by atoms with van der Waals surface area (Å²) in [7, 11) is -1.51. The molecule has 0 aliphatic carbocycles. The van der Waals surface area contributed by atoms with Gasteiger partial charge in [-0.3, -0.25) is 0 Å². The summed E-state index contributed by atoms with van der Waals surface area (Å²) in [4.78, 5) is 0. The highest BCUT2D eigenvalue weighted by Gasteiger charge is 2.32. The molecule has 2 heteroatoms. The molecule has 1 nitrogen and oxygen atoms in total. The second-order valence-corrected chi connectivity index (χ2v) is 13.8. The van der Waals surface area contributed by atoms with Crippen LogP contribution in [0.3, 0.4) is 0 Å². The van der Waals surface area contributed by atoms with Gasteiger partial charge in [-0.05, 0) is 67.2 Å². The van der Waals surface area contributed by atoms with Crippen LogP contribution in [0.25, 0.3) is 44.2 Å². The number of fused-ring (bicyclic) bond motifs is 4. The number of benzene rings is 7. The maximum absolute atomic E-state index is 3.79. The predicted octanol–water partition coefficient (Wildman–Crippen LogP) is 8.15. The lowest BCUT2D eigenvalue weighted by molar-refractivity contribution is 1.55. The lowest BCUT2D eigenvalue weighted by Crippen LogP contribution is -2.48. The largest absolute Gasteiger partial charge is 0.355 e. The molecule has 0 bridgehead atoms. The number of anilines is 2. The molecule has 7 aromatic rings. The average molecular weight is 552 g/mol. The molecule has 42 heavy (non-hydrogen) atoms. The summed E-state index contributed by atoms with van der Waals surface area (Å²) < 4.78 is 0. The van der Waals surface area contributed by atoms with Crippen LogP contribution in [0.5, 0.6) is 0 Å². The molecule has 1 aliphatic heterocycles. The molecule has 1 unspecified atom stereocenters. The third-order valence-electron chi connectivity index (χ3n) is 8.55. The van der Waals surface area contributed by atoms with E-state index >= 15 is 0 Å². The van der Waals surface area contributed by atoms with Crippen molar-refractivity contribution in [1.82, 2.24) is 0 Å².